The van der Waals surface area contributed by atoms with Gasteiger partial charge in [-0.1, -0.05) is 25.0 Å². The van der Waals surface area contributed by atoms with Gasteiger partial charge in [-0.3, -0.25) is 0 Å². The molecule has 1 aromatic carbocycles. The van der Waals surface area contributed by atoms with Gasteiger partial charge in [0.25, 0.3) is 0 Å². The van der Waals surface area contributed by atoms with Crippen LogP contribution in [0.1, 0.15) is 36.8 Å². The number of nitrogen functional groups attached to an aromatic ring is 1. The van der Waals surface area contributed by atoms with Crippen molar-refractivity contribution in [2.75, 3.05) is 5.73 Å². The van der Waals surface area contributed by atoms with Gasteiger partial charge in [0.05, 0.1) is 0 Å². The first-order chi connectivity index (χ1) is 7.66. The third-order valence-corrected chi connectivity index (χ3v) is 3.80. The minimum Gasteiger partial charge on any atom is -0.399 e. The Hall–Kier alpha value is -1.02. The number of aryl methyl sites for hydroxylation is 1. The Morgan fingerprint density at radius 2 is 2.00 bits per heavy atom. The molecule has 0 spiro atoms. The van der Waals surface area contributed by atoms with Crippen LogP contribution in [-0.2, 0) is 6.42 Å². The fourth-order valence-corrected chi connectivity index (χ4v) is 2.66. The van der Waals surface area contributed by atoms with E-state index in [9.17, 15) is 0 Å². The van der Waals surface area contributed by atoms with Gasteiger partial charge >= 0.3 is 0 Å². The average molecular weight is 218 g/mol. The van der Waals surface area contributed by atoms with Gasteiger partial charge in [0.15, 0.2) is 0 Å². The number of nitrogens with two attached hydrogens (primary N) is 2. The van der Waals surface area contributed by atoms with Crippen LogP contribution in [0.3, 0.4) is 0 Å². The van der Waals surface area contributed by atoms with E-state index in [-0.39, 0.29) is 0 Å². The summed E-state index contributed by atoms with van der Waals surface area (Å²) in [7, 11) is 0. The number of anilines is 1. The van der Waals surface area contributed by atoms with Crippen molar-refractivity contribution in [2.24, 2.45) is 11.7 Å². The van der Waals surface area contributed by atoms with Gasteiger partial charge in [0.1, 0.15) is 0 Å². The van der Waals surface area contributed by atoms with Crippen molar-refractivity contribution in [3.63, 3.8) is 0 Å². The molecule has 1 saturated carbocycles. The molecule has 0 aliphatic heterocycles. The van der Waals surface area contributed by atoms with E-state index >= 15 is 0 Å². The Labute approximate surface area is 98.0 Å². The lowest BCUT2D eigenvalue weighted by Gasteiger charge is -2.28. The van der Waals surface area contributed by atoms with Crippen LogP contribution >= 0.6 is 0 Å². The predicted octanol–water partition coefficient (Wildman–Crippen LogP) is 2.64. The second-order valence-electron chi connectivity index (χ2n) is 5.10. The van der Waals surface area contributed by atoms with Crippen LogP contribution in [-0.4, -0.2) is 6.04 Å². The first-order valence-electron chi connectivity index (χ1n) is 6.27. The summed E-state index contributed by atoms with van der Waals surface area (Å²) in [5.74, 6) is 0.664. The predicted molar refractivity (Wildman–Crippen MR) is 69.2 cm³/mol. The van der Waals surface area contributed by atoms with Crippen LogP contribution < -0.4 is 11.5 Å². The first kappa shape index (κ1) is 11.5. The summed E-state index contributed by atoms with van der Waals surface area (Å²) in [6, 6.07) is 6.76. The molecule has 0 amide bonds. The third-order valence-electron chi connectivity index (χ3n) is 3.80. The molecule has 4 N–H and O–H groups in total. The van der Waals surface area contributed by atoms with Crippen molar-refractivity contribution in [3.8, 4) is 0 Å². The highest BCUT2D eigenvalue weighted by Gasteiger charge is 2.21. The fourth-order valence-electron chi connectivity index (χ4n) is 2.66. The minimum atomic E-state index is 0.395. The maximum absolute atomic E-state index is 6.17. The zero-order valence-electron chi connectivity index (χ0n) is 10.1. The maximum atomic E-state index is 6.17. The van der Waals surface area contributed by atoms with Gasteiger partial charge in [-0.05, 0) is 49.3 Å². The van der Waals surface area contributed by atoms with E-state index in [4.69, 9.17) is 11.5 Å². The molecule has 0 bridgehead atoms. The zero-order chi connectivity index (χ0) is 11.5. The molecule has 0 saturated heterocycles. The molecule has 2 nitrogen and oxygen atoms in total. The molecule has 2 atom stereocenters. The van der Waals surface area contributed by atoms with E-state index < -0.39 is 0 Å². The van der Waals surface area contributed by atoms with Crippen molar-refractivity contribution in [3.05, 3.63) is 29.3 Å². The van der Waals surface area contributed by atoms with Crippen molar-refractivity contribution in [1.29, 1.82) is 0 Å². The number of rotatable bonds is 2. The molecular weight excluding hydrogens is 196 g/mol. The highest BCUT2D eigenvalue weighted by molar-refractivity contribution is 5.47. The van der Waals surface area contributed by atoms with Crippen LogP contribution in [0, 0.1) is 12.8 Å². The lowest BCUT2D eigenvalue weighted by molar-refractivity contribution is 0.306. The van der Waals surface area contributed by atoms with Crippen LogP contribution in [0.15, 0.2) is 18.2 Å². The lowest BCUT2D eigenvalue weighted by Crippen LogP contribution is -2.34. The largest absolute Gasteiger partial charge is 0.399 e. The Morgan fingerprint density at radius 3 is 2.69 bits per heavy atom. The van der Waals surface area contributed by atoms with Crippen LogP contribution in [0.2, 0.25) is 0 Å². The van der Waals surface area contributed by atoms with Gasteiger partial charge in [-0.2, -0.15) is 0 Å². The molecule has 0 aromatic heterocycles. The average Bonchev–Trinajstić information content (AvgIpc) is 2.27. The number of benzene rings is 1. The topological polar surface area (TPSA) is 52.0 Å². The van der Waals surface area contributed by atoms with E-state index in [1.54, 1.807) is 0 Å². The van der Waals surface area contributed by atoms with E-state index in [1.807, 2.05) is 6.07 Å². The summed E-state index contributed by atoms with van der Waals surface area (Å²) in [5.41, 5.74) is 15.4. The van der Waals surface area contributed by atoms with Crippen LogP contribution in [0.4, 0.5) is 5.69 Å². The van der Waals surface area contributed by atoms with Gasteiger partial charge in [0, 0.05) is 11.7 Å². The summed E-state index contributed by atoms with van der Waals surface area (Å²) in [4.78, 5) is 0. The smallest absolute Gasteiger partial charge is 0.0343 e. The summed E-state index contributed by atoms with van der Waals surface area (Å²) >= 11 is 0. The normalized spacial score (nSPS) is 25.6. The number of hydrogen-bond donors (Lipinski definition) is 2. The minimum absolute atomic E-state index is 0.395. The van der Waals surface area contributed by atoms with Crippen molar-refractivity contribution < 1.29 is 0 Å². The zero-order valence-corrected chi connectivity index (χ0v) is 10.1. The van der Waals surface area contributed by atoms with Crippen molar-refractivity contribution in [1.82, 2.24) is 0 Å². The quantitative estimate of drug-likeness (QED) is 0.750. The fraction of sp³-hybridized carbons (Fsp3) is 0.571. The SMILES string of the molecule is Cc1cc(C[C@@H]2CCCC[C@@H]2N)ccc1N. The van der Waals surface area contributed by atoms with E-state index in [2.05, 4.69) is 19.1 Å². The highest BCUT2D eigenvalue weighted by Crippen LogP contribution is 2.27. The molecule has 2 heteroatoms. The molecule has 16 heavy (non-hydrogen) atoms. The molecule has 2 rings (SSSR count). The molecule has 1 aliphatic rings. The van der Waals surface area contributed by atoms with Gasteiger partial charge in [-0.15, -0.1) is 0 Å². The maximum Gasteiger partial charge on any atom is 0.0343 e. The molecule has 1 aliphatic carbocycles. The molecular formula is C14H22N2. The van der Waals surface area contributed by atoms with Crippen LogP contribution in [0.25, 0.3) is 0 Å². The molecule has 1 fully saturated rings. The van der Waals surface area contributed by atoms with E-state index in [0.29, 0.717) is 12.0 Å². The van der Waals surface area contributed by atoms with Gasteiger partial charge in [-0.25, -0.2) is 0 Å². The van der Waals surface area contributed by atoms with Crippen LogP contribution in [0.5, 0.6) is 0 Å². The van der Waals surface area contributed by atoms with E-state index in [1.165, 1.54) is 36.8 Å². The number of hydrogen-bond acceptors (Lipinski definition) is 2. The standard InChI is InChI=1S/C14H22N2/c1-10-8-11(6-7-13(10)15)9-12-4-2-3-5-14(12)16/h6-8,12,14H,2-5,9,15-16H2,1H3/t12-,14-/m0/s1. The highest BCUT2D eigenvalue weighted by atomic mass is 14.7. The summed E-state index contributed by atoms with van der Waals surface area (Å²) in [6.07, 6.45) is 6.23. The Kier molecular flexibility index (Phi) is 3.49. The second-order valence-corrected chi connectivity index (χ2v) is 5.10. The summed E-state index contributed by atoms with van der Waals surface area (Å²) in [6.45, 7) is 2.07. The summed E-state index contributed by atoms with van der Waals surface area (Å²) in [5, 5.41) is 0. The first-order valence-corrected chi connectivity index (χ1v) is 6.27. The Bertz CT molecular complexity index is 360. The molecule has 1 aromatic rings. The molecule has 0 unspecified atom stereocenters. The lowest BCUT2D eigenvalue weighted by atomic mass is 9.81. The third kappa shape index (κ3) is 2.56. The Balaban J connectivity index is 2.05. The van der Waals surface area contributed by atoms with Gasteiger partial charge in [0.2, 0.25) is 0 Å². The summed E-state index contributed by atoms with van der Waals surface area (Å²) < 4.78 is 0. The van der Waals surface area contributed by atoms with Gasteiger partial charge < -0.3 is 11.5 Å². The molecule has 0 heterocycles. The van der Waals surface area contributed by atoms with Crippen molar-refractivity contribution >= 4 is 5.69 Å². The second kappa shape index (κ2) is 4.88. The van der Waals surface area contributed by atoms with Crippen molar-refractivity contribution in [2.45, 2.75) is 45.1 Å². The monoisotopic (exact) mass is 218 g/mol. The van der Waals surface area contributed by atoms with E-state index in [0.717, 1.165) is 12.1 Å². The Morgan fingerprint density at radius 1 is 1.25 bits per heavy atom. The molecule has 88 valence electrons. The molecule has 0 radical (unpaired) electrons.